The van der Waals surface area contributed by atoms with E-state index < -0.39 is 49.3 Å². The van der Waals surface area contributed by atoms with Crippen molar-refractivity contribution >= 4 is 19.5 Å². The van der Waals surface area contributed by atoms with Crippen LogP contribution >= 0.6 is 7.60 Å². The van der Waals surface area contributed by atoms with Crippen molar-refractivity contribution in [1.29, 1.82) is 0 Å². The van der Waals surface area contributed by atoms with E-state index in [0.29, 0.717) is 0 Å². The molecular weight excluding hydrogens is 294 g/mol. The van der Waals surface area contributed by atoms with Crippen molar-refractivity contribution in [1.82, 2.24) is 4.90 Å². The number of halogens is 3. The Kier molecular flexibility index (Phi) is 5.73. The molecule has 0 aliphatic heterocycles. The summed E-state index contributed by atoms with van der Waals surface area (Å²) in [5.41, 5.74) is 0. The van der Waals surface area contributed by atoms with Crippen LogP contribution in [0.25, 0.3) is 0 Å². The predicted octanol–water partition coefficient (Wildman–Crippen LogP) is 0.542. The smallest absolute Gasteiger partial charge is 0.471 e. The Morgan fingerprint density at radius 2 is 1.84 bits per heavy atom. The molecule has 0 aliphatic rings. The molecule has 0 saturated heterocycles. The van der Waals surface area contributed by atoms with Gasteiger partial charge >= 0.3 is 25.6 Å². The number of hydrogen-bond acceptors (Lipinski definition) is 3. The second-order valence-corrected chi connectivity index (χ2v) is 5.07. The van der Waals surface area contributed by atoms with Gasteiger partial charge in [-0.25, -0.2) is 4.79 Å². The Bertz CT molecular complexity index is 417. The van der Waals surface area contributed by atoms with Crippen molar-refractivity contribution in [3.8, 4) is 0 Å². The number of carboxylic acids is 1. The molecular formula is C8H11F3NO6P. The molecule has 7 nitrogen and oxygen atoms in total. The van der Waals surface area contributed by atoms with E-state index in [1.54, 1.807) is 0 Å². The minimum Gasteiger partial charge on any atom is -0.480 e. The first-order valence-electron chi connectivity index (χ1n) is 4.66. The molecule has 0 spiro atoms. The molecule has 110 valence electrons. The molecule has 0 aliphatic carbocycles. The van der Waals surface area contributed by atoms with Crippen LogP contribution in [0, 0.1) is 0 Å². The van der Waals surface area contributed by atoms with Gasteiger partial charge in [0.2, 0.25) is 0 Å². The Balaban J connectivity index is 5.48. The molecule has 1 atom stereocenters. The quantitative estimate of drug-likeness (QED) is 0.487. The first kappa shape index (κ1) is 17.6. The van der Waals surface area contributed by atoms with Gasteiger partial charge in [-0.3, -0.25) is 9.36 Å². The minimum absolute atomic E-state index is 0.412. The van der Waals surface area contributed by atoms with Gasteiger partial charge in [0.15, 0.2) is 0 Å². The zero-order chi connectivity index (χ0) is 15.4. The van der Waals surface area contributed by atoms with E-state index in [9.17, 15) is 27.3 Å². The number of amides is 1. The monoisotopic (exact) mass is 305 g/mol. The second kappa shape index (κ2) is 6.18. The Hall–Kier alpha value is -1.38. The molecule has 0 aromatic rings. The lowest BCUT2D eigenvalue weighted by Crippen LogP contribution is -2.50. The molecule has 3 N–H and O–H groups in total. The fourth-order valence-corrected chi connectivity index (χ4v) is 1.91. The number of rotatable bonds is 6. The summed E-state index contributed by atoms with van der Waals surface area (Å²) in [5.74, 6) is -4.46. The molecule has 19 heavy (non-hydrogen) atoms. The fraction of sp³-hybridized carbons (Fsp3) is 0.500. The lowest BCUT2D eigenvalue weighted by atomic mass is 10.2. The number of hydrogen-bond donors (Lipinski definition) is 3. The van der Waals surface area contributed by atoms with Gasteiger partial charge in [-0.1, -0.05) is 6.08 Å². The van der Waals surface area contributed by atoms with Gasteiger partial charge < -0.3 is 19.8 Å². The van der Waals surface area contributed by atoms with Crippen LogP contribution in [0.1, 0.15) is 6.42 Å². The van der Waals surface area contributed by atoms with Crippen LogP contribution in [0.4, 0.5) is 13.2 Å². The molecule has 1 unspecified atom stereocenters. The van der Waals surface area contributed by atoms with E-state index in [1.807, 2.05) is 0 Å². The lowest BCUT2D eigenvalue weighted by molar-refractivity contribution is -0.188. The highest BCUT2D eigenvalue weighted by Crippen LogP contribution is 2.37. The van der Waals surface area contributed by atoms with Crippen molar-refractivity contribution in [3.05, 3.63) is 12.7 Å². The van der Waals surface area contributed by atoms with E-state index in [-0.39, 0.29) is 0 Å². The van der Waals surface area contributed by atoms with Crippen LogP contribution in [0.3, 0.4) is 0 Å². The van der Waals surface area contributed by atoms with Crippen molar-refractivity contribution in [2.75, 3.05) is 6.29 Å². The number of alkyl halides is 3. The fourth-order valence-electron chi connectivity index (χ4n) is 1.18. The molecule has 0 bridgehead atoms. The Labute approximate surface area is 105 Å². The number of nitrogens with zero attached hydrogens (tertiary/aromatic N) is 1. The van der Waals surface area contributed by atoms with Gasteiger partial charge in [0.05, 0.1) is 0 Å². The van der Waals surface area contributed by atoms with E-state index in [2.05, 4.69) is 6.58 Å². The second-order valence-electron chi connectivity index (χ2n) is 3.46. The maximum absolute atomic E-state index is 12.3. The van der Waals surface area contributed by atoms with Gasteiger partial charge in [-0.2, -0.15) is 13.2 Å². The van der Waals surface area contributed by atoms with Gasteiger partial charge in [0.25, 0.3) is 0 Å². The summed E-state index contributed by atoms with van der Waals surface area (Å²) in [6.07, 6.45) is -6.74. The van der Waals surface area contributed by atoms with Crippen LogP contribution in [0.15, 0.2) is 12.7 Å². The Morgan fingerprint density at radius 1 is 1.37 bits per heavy atom. The summed E-state index contributed by atoms with van der Waals surface area (Å²) in [5, 5.41) is 8.72. The summed E-state index contributed by atoms with van der Waals surface area (Å²) in [7, 11) is -5.06. The summed E-state index contributed by atoms with van der Waals surface area (Å²) >= 11 is 0. The van der Waals surface area contributed by atoms with Crippen molar-refractivity contribution in [3.63, 3.8) is 0 Å². The van der Waals surface area contributed by atoms with Crippen LogP contribution in [-0.2, 0) is 14.2 Å². The van der Waals surface area contributed by atoms with E-state index in [4.69, 9.17) is 14.9 Å². The summed E-state index contributed by atoms with van der Waals surface area (Å²) in [6.45, 7) is 3.11. The van der Waals surface area contributed by atoms with Gasteiger partial charge in [0.1, 0.15) is 12.3 Å². The van der Waals surface area contributed by atoms with E-state index >= 15 is 0 Å². The predicted molar refractivity (Wildman–Crippen MR) is 56.0 cm³/mol. The summed E-state index contributed by atoms with van der Waals surface area (Å²) in [4.78, 5) is 38.7. The average molecular weight is 305 g/mol. The first-order valence-corrected chi connectivity index (χ1v) is 6.46. The van der Waals surface area contributed by atoms with Gasteiger partial charge in [0, 0.05) is 0 Å². The molecule has 1 amide bonds. The van der Waals surface area contributed by atoms with Gasteiger partial charge in [-0.05, 0) is 6.42 Å². The molecule has 0 saturated carbocycles. The molecule has 0 radical (unpaired) electrons. The van der Waals surface area contributed by atoms with E-state index in [0.717, 1.165) is 6.08 Å². The zero-order valence-corrected chi connectivity index (χ0v) is 10.3. The number of carbonyl (C=O) groups is 2. The third kappa shape index (κ3) is 5.86. The number of carboxylic acid groups (broad SMARTS) is 1. The number of carbonyl (C=O) groups excluding carboxylic acids is 1. The van der Waals surface area contributed by atoms with Crippen LogP contribution in [0.2, 0.25) is 0 Å². The molecule has 0 heterocycles. The molecule has 0 aromatic carbocycles. The topological polar surface area (TPSA) is 115 Å². The maximum atomic E-state index is 12.3. The third-order valence-electron chi connectivity index (χ3n) is 1.89. The highest BCUT2D eigenvalue weighted by molar-refractivity contribution is 7.51. The zero-order valence-electron chi connectivity index (χ0n) is 9.37. The van der Waals surface area contributed by atoms with Crippen molar-refractivity contribution in [2.45, 2.75) is 18.6 Å². The normalized spacial score (nSPS) is 13.7. The highest BCUT2D eigenvalue weighted by Gasteiger charge is 2.47. The molecule has 0 rings (SSSR count). The average Bonchev–Trinajstić information content (AvgIpc) is 2.18. The lowest BCUT2D eigenvalue weighted by Gasteiger charge is -2.28. The summed E-state index contributed by atoms with van der Waals surface area (Å²) < 4.78 is 47.5. The van der Waals surface area contributed by atoms with Gasteiger partial charge in [-0.15, -0.1) is 6.58 Å². The third-order valence-corrected chi connectivity index (χ3v) is 2.56. The highest BCUT2D eigenvalue weighted by atomic mass is 31.2. The first-order chi connectivity index (χ1) is 8.40. The van der Waals surface area contributed by atoms with Crippen molar-refractivity contribution in [2.24, 2.45) is 0 Å². The standard InChI is InChI=1S/C8H11F3NO6P/c1-2-3-5(6(13)14)12(4-19(16,17)18)7(15)8(9,10)11/h2,5H,1,3-4H2,(H,13,14)(H2,16,17,18). The van der Waals surface area contributed by atoms with Crippen molar-refractivity contribution < 1.29 is 42.2 Å². The number of aliphatic carboxylic acids is 1. The minimum atomic E-state index is -5.44. The maximum Gasteiger partial charge on any atom is 0.471 e. The molecule has 0 aromatic heterocycles. The molecule has 0 fully saturated rings. The Morgan fingerprint density at radius 3 is 2.11 bits per heavy atom. The van der Waals surface area contributed by atoms with Crippen LogP contribution < -0.4 is 0 Å². The van der Waals surface area contributed by atoms with Crippen LogP contribution in [-0.4, -0.2) is 50.2 Å². The SMILES string of the molecule is C=CCC(C(=O)O)N(CP(=O)(O)O)C(=O)C(F)(F)F. The van der Waals surface area contributed by atoms with Crippen LogP contribution in [0.5, 0.6) is 0 Å². The largest absolute Gasteiger partial charge is 0.480 e. The summed E-state index contributed by atoms with van der Waals surface area (Å²) in [6, 6.07) is -2.06. The van der Waals surface area contributed by atoms with E-state index in [1.165, 1.54) is 0 Å². The molecule has 11 heteroatoms.